The standard InChI is InChI=1S/C33H23N3O4/c37-30-24-14-1-2-15-25(24)31(38)35(30)20-8-12-22-10-7-11-23(29(22)28-18-5-6-19-34-28)13-9-21-36-32(39)26-16-3-4-17-27(26)33(36)40/h1-19H,20-21H2/b12-8+,13-9+. The Morgan fingerprint density at radius 1 is 0.525 bits per heavy atom. The fourth-order valence-electron chi connectivity index (χ4n) is 5.05. The van der Waals surface area contributed by atoms with Crippen molar-refractivity contribution in [1.82, 2.24) is 14.8 Å². The molecule has 4 amide bonds. The van der Waals surface area contributed by atoms with Gasteiger partial charge < -0.3 is 0 Å². The van der Waals surface area contributed by atoms with Crippen molar-refractivity contribution in [2.45, 2.75) is 0 Å². The third-order valence-electron chi connectivity index (χ3n) is 6.98. The Morgan fingerprint density at radius 2 is 0.950 bits per heavy atom. The number of rotatable bonds is 7. The molecule has 1 aromatic heterocycles. The first-order valence-electron chi connectivity index (χ1n) is 12.8. The average Bonchev–Trinajstić information content (AvgIpc) is 3.38. The number of hydrogen-bond acceptors (Lipinski definition) is 5. The lowest BCUT2D eigenvalue weighted by Crippen LogP contribution is -2.29. The van der Waals surface area contributed by atoms with Crippen molar-refractivity contribution in [3.63, 3.8) is 0 Å². The molecule has 7 nitrogen and oxygen atoms in total. The van der Waals surface area contributed by atoms with Crippen LogP contribution in [0.1, 0.15) is 52.6 Å². The van der Waals surface area contributed by atoms with E-state index >= 15 is 0 Å². The molecule has 0 saturated carbocycles. The van der Waals surface area contributed by atoms with Gasteiger partial charge in [-0.05, 0) is 47.5 Å². The zero-order valence-corrected chi connectivity index (χ0v) is 21.4. The normalized spacial score (nSPS) is 14.6. The van der Waals surface area contributed by atoms with Crippen molar-refractivity contribution in [1.29, 1.82) is 0 Å². The van der Waals surface area contributed by atoms with Gasteiger partial charge in [-0.3, -0.25) is 34.0 Å². The van der Waals surface area contributed by atoms with E-state index in [1.165, 1.54) is 9.80 Å². The SMILES string of the molecule is O=C1c2ccccc2C(=O)N1C/C=C/c1cccc(/C=C/CN2C(=O)c3ccccc3C2=O)c1-c1ccccn1. The fraction of sp³-hybridized carbons (Fsp3) is 0.0606. The molecule has 0 bridgehead atoms. The number of imide groups is 2. The molecule has 0 radical (unpaired) electrons. The lowest BCUT2D eigenvalue weighted by Gasteiger charge is -2.13. The van der Waals surface area contributed by atoms with Crippen LogP contribution < -0.4 is 0 Å². The second-order valence-corrected chi connectivity index (χ2v) is 9.36. The molecule has 0 atom stereocenters. The van der Waals surface area contributed by atoms with E-state index < -0.39 is 0 Å². The van der Waals surface area contributed by atoms with Gasteiger partial charge in [-0.1, -0.05) is 72.8 Å². The van der Waals surface area contributed by atoms with Crippen molar-refractivity contribution in [2.75, 3.05) is 13.1 Å². The number of carbonyl (C=O) groups is 4. The number of nitrogens with zero attached hydrogens (tertiary/aromatic N) is 3. The predicted molar refractivity (Wildman–Crippen MR) is 151 cm³/mol. The molecule has 40 heavy (non-hydrogen) atoms. The van der Waals surface area contributed by atoms with Gasteiger partial charge >= 0.3 is 0 Å². The number of hydrogen-bond donors (Lipinski definition) is 0. The van der Waals surface area contributed by atoms with E-state index in [0.717, 1.165) is 22.4 Å². The van der Waals surface area contributed by atoms with Crippen LogP contribution in [0.15, 0.2) is 103 Å². The highest BCUT2D eigenvalue weighted by molar-refractivity contribution is 6.22. The molecule has 3 heterocycles. The van der Waals surface area contributed by atoms with E-state index in [0.29, 0.717) is 22.3 Å². The van der Waals surface area contributed by atoms with E-state index in [9.17, 15) is 19.2 Å². The number of carbonyl (C=O) groups excluding carboxylic acids is 4. The van der Waals surface area contributed by atoms with Gasteiger partial charge in [-0.25, -0.2) is 0 Å². The zero-order chi connectivity index (χ0) is 27.6. The Bertz CT molecular complexity index is 1560. The molecule has 3 aromatic carbocycles. The van der Waals surface area contributed by atoms with Gasteiger partial charge in [-0.2, -0.15) is 0 Å². The second-order valence-electron chi connectivity index (χ2n) is 9.36. The smallest absolute Gasteiger partial charge is 0.261 e. The van der Waals surface area contributed by atoms with E-state index in [1.54, 1.807) is 66.9 Å². The predicted octanol–water partition coefficient (Wildman–Crippen LogP) is 5.37. The van der Waals surface area contributed by atoms with Gasteiger partial charge in [0, 0.05) is 24.8 Å². The minimum absolute atomic E-state index is 0.133. The number of amides is 4. The summed E-state index contributed by atoms with van der Waals surface area (Å²) in [5, 5.41) is 0. The zero-order valence-electron chi connectivity index (χ0n) is 21.4. The third-order valence-corrected chi connectivity index (χ3v) is 6.98. The van der Waals surface area contributed by atoms with E-state index in [-0.39, 0.29) is 36.7 Å². The van der Waals surface area contributed by atoms with E-state index in [4.69, 9.17) is 0 Å². The number of benzene rings is 3. The van der Waals surface area contributed by atoms with Crippen molar-refractivity contribution in [3.8, 4) is 11.3 Å². The Kier molecular flexibility index (Phi) is 6.46. The third kappa shape index (κ3) is 4.33. The molecule has 0 fully saturated rings. The van der Waals surface area contributed by atoms with Gasteiger partial charge in [0.1, 0.15) is 0 Å². The van der Waals surface area contributed by atoms with E-state index in [2.05, 4.69) is 4.98 Å². The summed E-state index contributed by atoms with van der Waals surface area (Å²) >= 11 is 0. The van der Waals surface area contributed by atoms with Gasteiger partial charge in [0.05, 0.1) is 27.9 Å². The minimum atomic E-state index is -0.306. The Hall–Kier alpha value is -5.43. The molecule has 0 unspecified atom stereocenters. The van der Waals surface area contributed by atoms with Crippen LogP contribution in [0.3, 0.4) is 0 Å². The summed E-state index contributed by atoms with van der Waals surface area (Å²) in [6.45, 7) is 0.266. The van der Waals surface area contributed by atoms with Crippen LogP contribution in [0.4, 0.5) is 0 Å². The van der Waals surface area contributed by atoms with Crippen LogP contribution in [-0.4, -0.2) is 51.5 Å². The van der Waals surface area contributed by atoms with Crippen molar-refractivity contribution in [3.05, 3.63) is 137 Å². The molecule has 2 aliphatic heterocycles. The molecule has 194 valence electrons. The summed E-state index contributed by atoms with van der Waals surface area (Å²) in [6, 6.07) is 25.0. The first-order valence-corrected chi connectivity index (χ1v) is 12.8. The van der Waals surface area contributed by atoms with Crippen LogP contribution in [0.2, 0.25) is 0 Å². The Labute approximate surface area is 230 Å². The second kappa shape index (κ2) is 10.4. The van der Waals surface area contributed by atoms with Crippen LogP contribution in [-0.2, 0) is 0 Å². The molecular weight excluding hydrogens is 502 g/mol. The number of pyridine rings is 1. The highest BCUT2D eigenvalue weighted by Gasteiger charge is 2.35. The maximum atomic E-state index is 12.7. The number of fused-ring (bicyclic) bond motifs is 2. The summed E-state index contributed by atoms with van der Waals surface area (Å²) in [6.07, 6.45) is 9.02. The van der Waals surface area contributed by atoms with E-state index in [1.807, 2.05) is 48.6 Å². The van der Waals surface area contributed by atoms with Crippen molar-refractivity contribution < 1.29 is 19.2 Å². The molecule has 7 heteroatoms. The van der Waals surface area contributed by atoms with Crippen LogP contribution in [0.25, 0.3) is 23.4 Å². The lowest BCUT2D eigenvalue weighted by atomic mass is 9.96. The molecule has 0 N–H and O–H groups in total. The molecule has 4 aromatic rings. The summed E-state index contributed by atoms with van der Waals surface area (Å²) in [4.78, 5) is 57.9. The average molecular weight is 526 g/mol. The topological polar surface area (TPSA) is 87.7 Å². The van der Waals surface area contributed by atoms with Crippen LogP contribution in [0.5, 0.6) is 0 Å². The van der Waals surface area contributed by atoms with Gasteiger partial charge in [0.2, 0.25) is 0 Å². The van der Waals surface area contributed by atoms with Gasteiger partial charge in [-0.15, -0.1) is 0 Å². The molecular formula is C33H23N3O4. The molecule has 0 aliphatic carbocycles. The van der Waals surface area contributed by atoms with Gasteiger partial charge in [0.25, 0.3) is 23.6 Å². The fourth-order valence-corrected chi connectivity index (χ4v) is 5.05. The van der Waals surface area contributed by atoms with Gasteiger partial charge in [0.15, 0.2) is 0 Å². The lowest BCUT2D eigenvalue weighted by molar-refractivity contribution is 0.0656. The molecule has 0 spiro atoms. The summed E-state index contributed by atoms with van der Waals surface area (Å²) in [7, 11) is 0. The quantitative estimate of drug-likeness (QED) is 0.303. The highest BCUT2D eigenvalue weighted by Crippen LogP contribution is 2.29. The molecule has 2 aliphatic rings. The minimum Gasteiger partial charge on any atom is -0.270 e. The first-order chi connectivity index (χ1) is 19.5. The van der Waals surface area contributed by atoms with Crippen LogP contribution >= 0.6 is 0 Å². The summed E-state index contributed by atoms with van der Waals surface area (Å²) in [5.74, 6) is -1.22. The Morgan fingerprint density at radius 3 is 1.35 bits per heavy atom. The maximum absolute atomic E-state index is 12.7. The largest absolute Gasteiger partial charge is 0.270 e. The molecule has 6 rings (SSSR count). The Balaban J connectivity index is 1.26. The maximum Gasteiger partial charge on any atom is 0.261 e. The van der Waals surface area contributed by atoms with Crippen molar-refractivity contribution >= 4 is 35.8 Å². The first kappa shape index (κ1) is 24.9. The highest BCUT2D eigenvalue weighted by atomic mass is 16.2. The number of aromatic nitrogens is 1. The monoisotopic (exact) mass is 525 g/mol. The van der Waals surface area contributed by atoms with Crippen LogP contribution in [0, 0.1) is 0 Å². The summed E-state index contributed by atoms with van der Waals surface area (Å²) < 4.78 is 0. The van der Waals surface area contributed by atoms with Crippen molar-refractivity contribution in [2.24, 2.45) is 0 Å². The summed E-state index contributed by atoms with van der Waals surface area (Å²) in [5.41, 5.74) is 4.95. The molecule has 0 saturated heterocycles.